The van der Waals surface area contributed by atoms with E-state index in [-0.39, 0.29) is 0 Å². The van der Waals surface area contributed by atoms with Crippen molar-refractivity contribution in [3.63, 3.8) is 0 Å². The first-order valence-corrected chi connectivity index (χ1v) is 9.47. The smallest absolute Gasteiger partial charge is 0.250 e. The molecule has 0 unspecified atom stereocenters. The summed E-state index contributed by atoms with van der Waals surface area (Å²) in [5.41, 5.74) is 3.79. The Morgan fingerprint density at radius 2 is 1.46 bits per heavy atom. The molecule has 2 saturated heterocycles. The van der Waals surface area contributed by atoms with Gasteiger partial charge in [0, 0.05) is 36.8 Å². The highest BCUT2D eigenvalue weighted by atomic mass is 35.5. The van der Waals surface area contributed by atoms with Gasteiger partial charge in [-0.05, 0) is 31.7 Å². The Bertz CT molecular complexity index is 749. The summed E-state index contributed by atoms with van der Waals surface area (Å²) in [6.45, 7) is 3.97. The molecule has 136 valence electrons. The second kappa shape index (κ2) is 7.86. The van der Waals surface area contributed by atoms with Crippen LogP contribution in [0.5, 0.6) is 0 Å². The average molecular weight is 372 g/mol. The fourth-order valence-electron chi connectivity index (χ4n) is 3.26. The van der Waals surface area contributed by atoms with Gasteiger partial charge in [-0.25, -0.2) is 5.43 Å². The second-order valence-electron chi connectivity index (χ2n) is 6.54. The summed E-state index contributed by atoms with van der Waals surface area (Å²) in [5.74, 6) is 1.93. The molecule has 0 spiro atoms. The molecule has 2 aliphatic rings. The van der Waals surface area contributed by atoms with Crippen LogP contribution in [0.3, 0.4) is 0 Å². The molecule has 0 aliphatic carbocycles. The highest BCUT2D eigenvalue weighted by Gasteiger charge is 2.21. The number of hydrazone groups is 1. The number of aromatic nitrogens is 3. The third-order valence-electron chi connectivity index (χ3n) is 4.66. The van der Waals surface area contributed by atoms with Crippen molar-refractivity contribution in [2.45, 2.75) is 25.7 Å². The molecule has 1 N–H and O–H groups in total. The Labute approximate surface area is 158 Å². The van der Waals surface area contributed by atoms with Gasteiger partial charge in [0.15, 0.2) is 0 Å². The summed E-state index contributed by atoms with van der Waals surface area (Å²) in [6.07, 6.45) is 6.39. The van der Waals surface area contributed by atoms with Crippen molar-refractivity contribution in [3.05, 3.63) is 34.9 Å². The Hall–Kier alpha value is -2.41. The van der Waals surface area contributed by atoms with Gasteiger partial charge in [-0.2, -0.15) is 20.1 Å². The van der Waals surface area contributed by atoms with E-state index in [1.54, 1.807) is 6.21 Å². The fourth-order valence-corrected chi connectivity index (χ4v) is 3.44. The van der Waals surface area contributed by atoms with Crippen molar-refractivity contribution in [1.82, 2.24) is 15.0 Å². The van der Waals surface area contributed by atoms with Gasteiger partial charge in [0.1, 0.15) is 0 Å². The Morgan fingerprint density at radius 1 is 0.885 bits per heavy atom. The normalized spacial score (nSPS) is 17.4. The lowest BCUT2D eigenvalue weighted by Crippen LogP contribution is -2.25. The molecule has 7 nitrogen and oxygen atoms in total. The van der Waals surface area contributed by atoms with Gasteiger partial charge in [0.2, 0.25) is 17.8 Å². The first-order chi connectivity index (χ1) is 12.8. The van der Waals surface area contributed by atoms with Gasteiger partial charge in [-0.15, -0.1) is 0 Å². The zero-order valence-corrected chi connectivity index (χ0v) is 15.4. The summed E-state index contributed by atoms with van der Waals surface area (Å²) < 4.78 is 0. The molecule has 0 amide bonds. The van der Waals surface area contributed by atoms with Gasteiger partial charge < -0.3 is 9.80 Å². The highest BCUT2D eigenvalue weighted by Crippen LogP contribution is 2.22. The van der Waals surface area contributed by atoms with E-state index in [0.29, 0.717) is 11.0 Å². The van der Waals surface area contributed by atoms with Gasteiger partial charge in [-0.1, -0.05) is 29.8 Å². The molecule has 8 heteroatoms. The Kier molecular flexibility index (Phi) is 5.15. The zero-order chi connectivity index (χ0) is 17.8. The molecule has 1 aromatic heterocycles. The van der Waals surface area contributed by atoms with Gasteiger partial charge in [-0.3, -0.25) is 0 Å². The average Bonchev–Trinajstić information content (AvgIpc) is 3.37. The lowest BCUT2D eigenvalue weighted by atomic mass is 10.2. The maximum absolute atomic E-state index is 6.16. The van der Waals surface area contributed by atoms with Gasteiger partial charge in [0.25, 0.3) is 0 Å². The SMILES string of the molecule is Clc1ccccc1/C=N\Nc1nc(N2CCCC2)nc(N2CCCC2)n1. The van der Waals surface area contributed by atoms with Gasteiger partial charge in [0.05, 0.1) is 6.21 Å². The first kappa shape index (κ1) is 17.0. The quantitative estimate of drug-likeness (QED) is 0.643. The van der Waals surface area contributed by atoms with Gasteiger partial charge >= 0.3 is 0 Å². The van der Waals surface area contributed by atoms with E-state index >= 15 is 0 Å². The Morgan fingerprint density at radius 3 is 2.04 bits per heavy atom. The fraction of sp³-hybridized carbons (Fsp3) is 0.444. The van der Waals surface area contributed by atoms with Crippen molar-refractivity contribution in [1.29, 1.82) is 0 Å². The minimum absolute atomic E-state index is 0.465. The van der Waals surface area contributed by atoms with Crippen LogP contribution in [0.25, 0.3) is 0 Å². The lowest BCUT2D eigenvalue weighted by Gasteiger charge is -2.20. The molecular formula is C18H22ClN7. The third-order valence-corrected chi connectivity index (χ3v) is 5.01. The van der Waals surface area contributed by atoms with Crippen molar-refractivity contribution in [2.24, 2.45) is 5.10 Å². The van der Waals surface area contributed by atoms with Crippen LogP contribution in [-0.2, 0) is 0 Å². The minimum atomic E-state index is 0.465. The summed E-state index contributed by atoms with van der Waals surface area (Å²) in [5, 5.41) is 4.92. The van der Waals surface area contributed by atoms with Crippen LogP contribution in [0, 0.1) is 0 Å². The highest BCUT2D eigenvalue weighted by molar-refractivity contribution is 6.33. The van der Waals surface area contributed by atoms with Crippen molar-refractivity contribution in [3.8, 4) is 0 Å². The number of nitrogens with one attached hydrogen (secondary N) is 1. The second-order valence-corrected chi connectivity index (χ2v) is 6.95. The monoisotopic (exact) mass is 371 g/mol. The molecule has 0 atom stereocenters. The van der Waals surface area contributed by atoms with E-state index in [2.05, 4.69) is 30.3 Å². The number of benzene rings is 1. The minimum Gasteiger partial charge on any atom is -0.341 e. The van der Waals surface area contributed by atoms with E-state index in [9.17, 15) is 0 Å². The van der Waals surface area contributed by atoms with E-state index in [4.69, 9.17) is 16.6 Å². The summed E-state index contributed by atoms with van der Waals surface area (Å²) in [4.78, 5) is 18.2. The third kappa shape index (κ3) is 3.88. The van der Waals surface area contributed by atoms with Crippen LogP contribution < -0.4 is 15.2 Å². The molecule has 4 rings (SSSR count). The maximum Gasteiger partial charge on any atom is 0.250 e. The summed E-state index contributed by atoms with van der Waals surface area (Å²) in [6, 6.07) is 7.56. The van der Waals surface area contributed by atoms with E-state index < -0.39 is 0 Å². The van der Waals surface area contributed by atoms with Crippen molar-refractivity contribution >= 4 is 35.7 Å². The van der Waals surface area contributed by atoms with Crippen LogP contribution >= 0.6 is 11.6 Å². The molecular weight excluding hydrogens is 350 g/mol. The van der Waals surface area contributed by atoms with Crippen molar-refractivity contribution in [2.75, 3.05) is 41.4 Å². The lowest BCUT2D eigenvalue weighted by molar-refractivity contribution is 0.838. The number of hydrogen-bond donors (Lipinski definition) is 1. The molecule has 1 aromatic carbocycles. The standard InChI is InChI=1S/C18H22ClN7/c19-15-8-2-1-7-14(15)13-20-24-16-21-17(25-9-3-4-10-25)23-18(22-16)26-11-5-6-12-26/h1-2,7-8,13H,3-6,9-12H2,(H,21,22,23,24)/b20-13-. The molecule has 3 heterocycles. The molecule has 26 heavy (non-hydrogen) atoms. The molecule has 0 saturated carbocycles. The van der Waals surface area contributed by atoms with E-state index in [1.165, 1.54) is 25.7 Å². The summed E-state index contributed by atoms with van der Waals surface area (Å²) >= 11 is 6.16. The number of rotatable bonds is 5. The largest absolute Gasteiger partial charge is 0.341 e. The summed E-state index contributed by atoms with van der Waals surface area (Å²) in [7, 11) is 0. The van der Waals surface area contributed by atoms with Crippen LogP contribution in [0.15, 0.2) is 29.4 Å². The molecule has 0 bridgehead atoms. The zero-order valence-electron chi connectivity index (χ0n) is 14.6. The predicted molar refractivity (Wildman–Crippen MR) is 105 cm³/mol. The van der Waals surface area contributed by atoms with Crippen LogP contribution in [0.1, 0.15) is 31.2 Å². The molecule has 2 fully saturated rings. The van der Waals surface area contributed by atoms with Crippen LogP contribution in [0.2, 0.25) is 5.02 Å². The predicted octanol–water partition coefficient (Wildman–Crippen LogP) is 3.17. The Balaban J connectivity index is 1.56. The number of anilines is 3. The topological polar surface area (TPSA) is 69.5 Å². The number of nitrogens with zero attached hydrogens (tertiary/aromatic N) is 6. The van der Waals surface area contributed by atoms with Crippen LogP contribution in [-0.4, -0.2) is 47.3 Å². The maximum atomic E-state index is 6.16. The molecule has 2 aliphatic heterocycles. The van der Waals surface area contributed by atoms with Crippen molar-refractivity contribution < 1.29 is 0 Å². The molecule has 0 radical (unpaired) electrons. The number of halogens is 1. The molecule has 2 aromatic rings. The van der Waals surface area contributed by atoms with E-state index in [1.807, 2.05) is 24.3 Å². The van der Waals surface area contributed by atoms with Crippen LogP contribution in [0.4, 0.5) is 17.8 Å². The number of hydrogen-bond acceptors (Lipinski definition) is 7. The van der Waals surface area contributed by atoms with E-state index in [0.717, 1.165) is 43.6 Å². The first-order valence-electron chi connectivity index (χ1n) is 9.09.